The summed E-state index contributed by atoms with van der Waals surface area (Å²) in [5.41, 5.74) is 0.507. The van der Waals surface area contributed by atoms with E-state index >= 15 is 0 Å². The Morgan fingerprint density at radius 1 is 1.17 bits per heavy atom. The highest BCUT2D eigenvalue weighted by Gasteiger charge is 2.46. The number of thiocarbonyl (C=S) groups is 1. The number of thioether (sulfide) groups is 1. The Labute approximate surface area is 151 Å². The second kappa shape index (κ2) is 7.01. The molecule has 1 aliphatic rings. The molecule has 0 amide bonds. The second-order valence-electron chi connectivity index (χ2n) is 5.51. The van der Waals surface area contributed by atoms with E-state index in [-0.39, 0.29) is 0 Å². The van der Waals surface area contributed by atoms with Gasteiger partial charge < -0.3 is 19.5 Å². The van der Waals surface area contributed by atoms with Crippen LogP contribution in [-0.2, 0) is 12.3 Å². The van der Waals surface area contributed by atoms with Crippen molar-refractivity contribution in [3.8, 4) is 11.5 Å². The minimum Gasteiger partial charge on any atom is -0.497 e. The standard InChI is InChI=1S/C18H19NO3S2/c1-21-14-8-9-16(22-2)15(10-14)18(20)12-24-17(23)19(18)11-13-6-4-3-5-7-13/h3-10,20H,11-12H2,1-2H3. The van der Waals surface area contributed by atoms with Gasteiger partial charge >= 0.3 is 0 Å². The van der Waals surface area contributed by atoms with Crippen molar-refractivity contribution >= 4 is 28.3 Å². The van der Waals surface area contributed by atoms with Gasteiger partial charge in [0.15, 0.2) is 5.72 Å². The van der Waals surface area contributed by atoms with Crippen LogP contribution >= 0.6 is 24.0 Å². The van der Waals surface area contributed by atoms with Crippen LogP contribution in [-0.4, -0.2) is 34.3 Å². The van der Waals surface area contributed by atoms with Crippen LogP contribution in [0.5, 0.6) is 11.5 Å². The smallest absolute Gasteiger partial charge is 0.179 e. The Kier molecular flexibility index (Phi) is 4.99. The predicted molar refractivity (Wildman–Crippen MR) is 100 cm³/mol. The van der Waals surface area contributed by atoms with Crippen molar-refractivity contribution in [1.29, 1.82) is 0 Å². The van der Waals surface area contributed by atoms with Crippen molar-refractivity contribution in [1.82, 2.24) is 4.90 Å². The molecule has 1 unspecified atom stereocenters. The molecule has 0 bridgehead atoms. The van der Waals surface area contributed by atoms with E-state index in [4.69, 9.17) is 21.7 Å². The first-order valence-corrected chi connectivity index (χ1v) is 8.91. The number of rotatable bonds is 5. The molecule has 2 aromatic carbocycles. The number of nitrogens with zero attached hydrogens (tertiary/aromatic N) is 1. The molecular weight excluding hydrogens is 342 g/mol. The molecule has 0 saturated carbocycles. The molecule has 0 aliphatic carbocycles. The molecule has 0 radical (unpaired) electrons. The normalized spacial score (nSPS) is 20.3. The van der Waals surface area contributed by atoms with Gasteiger partial charge in [-0.05, 0) is 23.8 Å². The fourth-order valence-electron chi connectivity index (χ4n) is 2.78. The zero-order valence-corrected chi connectivity index (χ0v) is 15.2. The highest BCUT2D eigenvalue weighted by molar-refractivity contribution is 8.23. The van der Waals surface area contributed by atoms with Crippen LogP contribution in [0.3, 0.4) is 0 Å². The number of aliphatic hydroxyl groups is 1. The van der Waals surface area contributed by atoms with E-state index < -0.39 is 5.72 Å². The number of methoxy groups -OCH3 is 2. The molecule has 2 aromatic rings. The first kappa shape index (κ1) is 17.1. The number of benzene rings is 2. The third kappa shape index (κ3) is 3.09. The van der Waals surface area contributed by atoms with Gasteiger partial charge in [0, 0.05) is 6.54 Å². The molecule has 1 fully saturated rings. The summed E-state index contributed by atoms with van der Waals surface area (Å²) >= 11 is 6.96. The lowest BCUT2D eigenvalue weighted by Gasteiger charge is -2.35. The predicted octanol–water partition coefficient (Wildman–Crippen LogP) is 3.38. The summed E-state index contributed by atoms with van der Waals surface area (Å²) in [6.07, 6.45) is 0. The van der Waals surface area contributed by atoms with Gasteiger partial charge in [-0.15, -0.1) is 0 Å². The molecule has 1 saturated heterocycles. The van der Waals surface area contributed by atoms with Crippen LogP contribution in [0.25, 0.3) is 0 Å². The third-order valence-corrected chi connectivity index (χ3v) is 5.67. The van der Waals surface area contributed by atoms with E-state index in [0.717, 1.165) is 5.56 Å². The lowest BCUT2D eigenvalue weighted by atomic mass is 10.0. The molecule has 1 atom stereocenters. The highest BCUT2D eigenvalue weighted by Crippen LogP contribution is 2.44. The van der Waals surface area contributed by atoms with Gasteiger partial charge in [0.25, 0.3) is 0 Å². The van der Waals surface area contributed by atoms with Gasteiger partial charge in [0.05, 0.1) is 25.5 Å². The van der Waals surface area contributed by atoms with Crippen molar-refractivity contribution in [2.45, 2.75) is 12.3 Å². The first-order valence-electron chi connectivity index (χ1n) is 7.51. The van der Waals surface area contributed by atoms with Crippen LogP contribution in [0, 0.1) is 0 Å². The van der Waals surface area contributed by atoms with E-state index in [1.807, 2.05) is 47.4 Å². The van der Waals surface area contributed by atoms with Crippen LogP contribution in [0.4, 0.5) is 0 Å². The zero-order valence-electron chi connectivity index (χ0n) is 13.6. The molecule has 1 heterocycles. The Morgan fingerprint density at radius 3 is 2.58 bits per heavy atom. The number of ether oxygens (including phenoxy) is 2. The van der Waals surface area contributed by atoms with Crippen LogP contribution in [0.1, 0.15) is 11.1 Å². The van der Waals surface area contributed by atoms with Crippen molar-refractivity contribution in [3.05, 3.63) is 59.7 Å². The maximum atomic E-state index is 11.5. The van der Waals surface area contributed by atoms with Crippen molar-refractivity contribution in [2.24, 2.45) is 0 Å². The Balaban J connectivity index is 2.02. The van der Waals surface area contributed by atoms with Gasteiger partial charge in [-0.3, -0.25) is 0 Å². The average Bonchev–Trinajstić information content (AvgIpc) is 2.91. The zero-order chi connectivity index (χ0) is 17.2. The molecule has 4 nitrogen and oxygen atoms in total. The summed E-state index contributed by atoms with van der Waals surface area (Å²) in [6, 6.07) is 15.4. The number of hydrogen-bond acceptors (Lipinski definition) is 5. The fraction of sp³-hybridized carbons (Fsp3) is 0.278. The summed E-state index contributed by atoms with van der Waals surface area (Å²) in [5.74, 6) is 1.73. The summed E-state index contributed by atoms with van der Waals surface area (Å²) < 4.78 is 11.4. The molecule has 3 rings (SSSR count). The maximum Gasteiger partial charge on any atom is 0.179 e. The minimum atomic E-state index is -1.24. The van der Waals surface area contributed by atoms with Crippen molar-refractivity contribution < 1.29 is 14.6 Å². The molecule has 1 aliphatic heterocycles. The topological polar surface area (TPSA) is 41.9 Å². The lowest BCUT2D eigenvalue weighted by molar-refractivity contribution is -0.0525. The minimum absolute atomic E-state index is 0.447. The summed E-state index contributed by atoms with van der Waals surface area (Å²) in [7, 11) is 3.20. The van der Waals surface area contributed by atoms with Gasteiger partial charge in [-0.2, -0.15) is 0 Å². The molecular formula is C18H19NO3S2. The van der Waals surface area contributed by atoms with E-state index in [1.165, 1.54) is 11.8 Å². The van der Waals surface area contributed by atoms with Crippen LogP contribution < -0.4 is 9.47 Å². The van der Waals surface area contributed by atoms with Crippen molar-refractivity contribution in [3.63, 3.8) is 0 Å². The molecule has 1 N–H and O–H groups in total. The molecule has 24 heavy (non-hydrogen) atoms. The largest absolute Gasteiger partial charge is 0.497 e. The Bertz CT molecular complexity index is 738. The molecule has 6 heteroatoms. The van der Waals surface area contributed by atoms with Crippen molar-refractivity contribution in [2.75, 3.05) is 20.0 Å². The molecule has 126 valence electrons. The van der Waals surface area contributed by atoms with E-state index in [0.29, 0.717) is 33.7 Å². The third-order valence-electron chi connectivity index (χ3n) is 4.09. The van der Waals surface area contributed by atoms with Gasteiger partial charge in [-0.25, -0.2) is 0 Å². The van der Waals surface area contributed by atoms with Gasteiger partial charge in [0.1, 0.15) is 15.8 Å². The Morgan fingerprint density at radius 2 is 1.92 bits per heavy atom. The van der Waals surface area contributed by atoms with E-state index in [9.17, 15) is 5.11 Å². The van der Waals surface area contributed by atoms with E-state index in [1.54, 1.807) is 20.3 Å². The Hall–Kier alpha value is -1.76. The maximum absolute atomic E-state index is 11.5. The molecule has 0 spiro atoms. The van der Waals surface area contributed by atoms with E-state index in [2.05, 4.69) is 0 Å². The second-order valence-corrected chi connectivity index (χ2v) is 7.12. The quantitative estimate of drug-likeness (QED) is 0.824. The van der Waals surface area contributed by atoms with Crippen LogP contribution in [0.15, 0.2) is 48.5 Å². The van der Waals surface area contributed by atoms with Gasteiger partial charge in [-0.1, -0.05) is 54.3 Å². The molecule has 0 aromatic heterocycles. The van der Waals surface area contributed by atoms with Crippen LogP contribution in [0.2, 0.25) is 0 Å². The fourth-order valence-corrected chi connectivity index (χ4v) is 4.18. The SMILES string of the molecule is COc1ccc(OC)c(C2(O)CSC(=S)N2Cc2ccccc2)c1. The summed E-state index contributed by atoms with van der Waals surface area (Å²) in [6.45, 7) is 0.531. The monoisotopic (exact) mass is 361 g/mol. The number of hydrogen-bond donors (Lipinski definition) is 1. The first-order chi connectivity index (χ1) is 11.6. The highest BCUT2D eigenvalue weighted by atomic mass is 32.2. The summed E-state index contributed by atoms with van der Waals surface area (Å²) in [4.78, 5) is 1.85. The average molecular weight is 361 g/mol. The van der Waals surface area contributed by atoms with Gasteiger partial charge in [0.2, 0.25) is 0 Å². The lowest BCUT2D eigenvalue weighted by Crippen LogP contribution is -2.44. The summed E-state index contributed by atoms with van der Waals surface area (Å²) in [5, 5.41) is 11.5.